The van der Waals surface area contributed by atoms with E-state index in [4.69, 9.17) is 14.2 Å². The second-order valence-electron chi connectivity index (χ2n) is 17.7. The molecular weight excluding hydrogens is 709 g/mol. The Kier molecular flexibility index (Phi) is 44.2. The monoisotopic (exact) mass is 807 g/mol. The molecule has 0 radical (unpaired) electrons. The van der Waals surface area contributed by atoms with Crippen LogP contribution in [0.25, 0.3) is 0 Å². The van der Waals surface area contributed by atoms with E-state index in [1.54, 1.807) is 0 Å². The predicted octanol–water partition coefficient (Wildman–Crippen LogP) is 16.3. The Balaban J connectivity index is 4.11. The van der Waals surface area contributed by atoms with E-state index in [1.807, 2.05) is 0 Å². The Labute approximate surface area is 355 Å². The smallest absolute Gasteiger partial charge is 0.306 e. The normalized spacial score (nSPS) is 12.4. The first kappa shape index (κ1) is 55.4. The molecule has 0 saturated carbocycles. The SMILES string of the molecule is CCCCCCCCCCCCCCCCCCC(=O)O[C@H](COC(=O)CCCCCCC)COC(=O)CCCCCCCCCCCCCCCCC(C)CC. The Bertz CT molecular complexity index is 859. The lowest BCUT2D eigenvalue weighted by Crippen LogP contribution is -2.30. The highest BCUT2D eigenvalue weighted by Gasteiger charge is 2.19. The Morgan fingerprint density at radius 1 is 0.351 bits per heavy atom. The van der Waals surface area contributed by atoms with Crippen LogP contribution in [0.1, 0.15) is 285 Å². The van der Waals surface area contributed by atoms with Crippen molar-refractivity contribution in [3.8, 4) is 0 Å². The molecule has 0 bridgehead atoms. The summed E-state index contributed by atoms with van der Waals surface area (Å²) in [5, 5.41) is 0. The summed E-state index contributed by atoms with van der Waals surface area (Å²) in [5.41, 5.74) is 0. The third-order valence-corrected chi connectivity index (χ3v) is 11.9. The summed E-state index contributed by atoms with van der Waals surface area (Å²) in [6.07, 6.45) is 46.8. The third kappa shape index (κ3) is 43.8. The van der Waals surface area contributed by atoms with Crippen LogP contribution in [0, 0.1) is 5.92 Å². The minimum Gasteiger partial charge on any atom is -0.462 e. The molecule has 6 nitrogen and oxygen atoms in total. The van der Waals surface area contributed by atoms with Crippen LogP contribution in [-0.2, 0) is 28.6 Å². The molecule has 0 aromatic rings. The van der Waals surface area contributed by atoms with Gasteiger partial charge in [-0.05, 0) is 25.2 Å². The molecule has 0 amide bonds. The Morgan fingerprint density at radius 3 is 0.912 bits per heavy atom. The average molecular weight is 807 g/mol. The van der Waals surface area contributed by atoms with E-state index in [2.05, 4.69) is 27.7 Å². The molecule has 0 spiro atoms. The number of rotatable bonds is 46. The molecule has 1 unspecified atom stereocenters. The highest BCUT2D eigenvalue weighted by molar-refractivity contribution is 5.71. The van der Waals surface area contributed by atoms with E-state index in [1.165, 1.54) is 173 Å². The fourth-order valence-corrected chi connectivity index (χ4v) is 7.66. The zero-order chi connectivity index (χ0) is 41.7. The average Bonchev–Trinajstić information content (AvgIpc) is 3.21. The van der Waals surface area contributed by atoms with Crippen molar-refractivity contribution in [2.45, 2.75) is 291 Å². The summed E-state index contributed by atoms with van der Waals surface area (Å²) in [7, 11) is 0. The molecular formula is C51H98O6. The zero-order valence-corrected chi connectivity index (χ0v) is 38.8. The fraction of sp³-hybridized carbons (Fsp3) is 0.941. The molecule has 338 valence electrons. The maximum Gasteiger partial charge on any atom is 0.306 e. The van der Waals surface area contributed by atoms with Gasteiger partial charge in [0.1, 0.15) is 13.2 Å². The first-order valence-corrected chi connectivity index (χ1v) is 25.4. The van der Waals surface area contributed by atoms with E-state index < -0.39 is 6.10 Å². The van der Waals surface area contributed by atoms with Crippen molar-refractivity contribution in [2.24, 2.45) is 5.92 Å². The minimum absolute atomic E-state index is 0.0639. The molecule has 0 heterocycles. The van der Waals surface area contributed by atoms with Crippen molar-refractivity contribution in [2.75, 3.05) is 13.2 Å². The van der Waals surface area contributed by atoms with E-state index in [9.17, 15) is 14.4 Å². The van der Waals surface area contributed by atoms with Gasteiger partial charge in [-0.3, -0.25) is 14.4 Å². The Hall–Kier alpha value is -1.59. The molecule has 0 saturated heterocycles. The quantitative estimate of drug-likeness (QED) is 0.0346. The molecule has 6 heteroatoms. The number of ether oxygens (including phenoxy) is 3. The lowest BCUT2D eigenvalue weighted by molar-refractivity contribution is -0.167. The number of hydrogen-bond acceptors (Lipinski definition) is 6. The van der Waals surface area contributed by atoms with Crippen LogP contribution in [-0.4, -0.2) is 37.2 Å². The zero-order valence-electron chi connectivity index (χ0n) is 38.8. The van der Waals surface area contributed by atoms with Gasteiger partial charge in [0.2, 0.25) is 0 Å². The summed E-state index contributed by atoms with van der Waals surface area (Å²) >= 11 is 0. The van der Waals surface area contributed by atoms with Gasteiger partial charge in [-0.25, -0.2) is 0 Å². The number of unbranched alkanes of at least 4 members (excludes halogenated alkanes) is 32. The molecule has 0 aliphatic carbocycles. The van der Waals surface area contributed by atoms with E-state index in [-0.39, 0.29) is 31.1 Å². The van der Waals surface area contributed by atoms with Crippen molar-refractivity contribution in [1.29, 1.82) is 0 Å². The molecule has 2 atom stereocenters. The van der Waals surface area contributed by atoms with Gasteiger partial charge in [-0.15, -0.1) is 0 Å². The second kappa shape index (κ2) is 45.5. The Morgan fingerprint density at radius 2 is 0.614 bits per heavy atom. The fourth-order valence-electron chi connectivity index (χ4n) is 7.66. The highest BCUT2D eigenvalue weighted by atomic mass is 16.6. The minimum atomic E-state index is -0.758. The second-order valence-corrected chi connectivity index (χ2v) is 17.7. The maximum absolute atomic E-state index is 12.7. The number of esters is 3. The van der Waals surface area contributed by atoms with Gasteiger partial charge in [-0.1, -0.05) is 246 Å². The van der Waals surface area contributed by atoms with Crippen molar-refractivity contribution < 1.29 is 28.6 Å². The number of hydrogen-bond donors (Lipinski definition) is 0. The van der Waals surface area contributed by atoms with Crippen LogP contribution in [0.15, 0.2) is 0 Å². The van der Waals surface area contributed by atoms with E-state index in [0.29, 0.717) is 19.3 Å². The topological polar surface area (TPSA) is 78.9 Å². The predicted molar refractivity (Wildman–Crippen MR) is 243 cm³/mol. The molecule has 0 aromatic carbocycles. The molecule has 0 aliphatic heterocycles. The summed E-state index contributed by atoms with van der Waals surface area (Å²) < 4.78 is 16.7. The van der Waals surface area contributed by atoms with Crippen LogP contribution in [0.2, 0.25) is 0 Å². The van der Waals surface area contributed by atoms with Gasteiger partial charge in [0, 0.05) is 19.3 Å². The van der Waals surface area contributed by atoms with Crippen molar-refractivity contribution in [1.82, 2.24) is 0 Å². The summed E-state index contributed by atoms with van der Waals surface area (Å²) in [6, 6.07) is 0. The summed E-state index contributed by atoms with van der Waals surface area (Å²) in [6.45, 7) is 8.99. The first-order chi connectivity index (χ1) is 27.9. The lowest BCUT2D eigenvalue weighted by atomic mass is 9.99. The molecule has 0 aromatic heterocycles. The van der Waals surface area contributed by atoms with Gasteiger partial charge in [0.15, 0.2) is 6.10 Å². The van der Waals surface area contributed by atoms with Crippen LogP contribution in [0.4, 0.5) is 0 Å². The van der Waals surface area contributed by atoms with E-state index >= 15 is 0 Å². The van der Waals surface area contributed by atoms with Crippen LogP contribution in [0.3, 0.4) is 0 Å². The van der Waals surface area contributed by atoms with Crippen LogP contribution >= 0.6 is 0 Å². The number of carbonyl (C=O) groups excluding carboxylic acids is 3. The van der Waals surface area contributed by atoms with Crippen molar-refractivity contribution in [3.63, 3.8) is 0 Å². The molecule has 0 fully saturated rings. The standard InChI is InChI=1S/C51H98O6/c1-5-8-10-12-13-14-15-16-17-18-23-26-29-32-36-40-44-51(54)57-48(45-55-49(52)42-38-33-11-9-6-2)46-56-50(53)43-39-35-31-28-25-22-20-19-21-24-27-30-34-37-41-47(4)7-3/h47-48H,5-46H2,1-4H3/t47?,48-/m1/s1. The highest BCUT2D eigenvalue weighted by Crippen LogP contribution is 2.18. The van der Waals surface area contributed by atoms with Crippen LogP contribution < -0.4 is 0 Å². The van der Waals surface area contributed by atoms with Crippen molar-refractivity contribution in [3.05, 3.63) is 0 Å². The third-order valence-electron chi connectivity index (χ3n) is 11.9. The van der Waals surface area contributed by atoms with Crippen molar-refractivity contribution >= 4 is 17.9 Å². The van der Waals surface area contributed by atoms with E-state index in [0.717, 1.165) is 70.1 Å². The van der Waals surface area contributed by atoms with Gasteiger partial charge in [0.25, 0.3) is 0 Å². The van der Waals surface area contributed by atoms with Gasteiger partial charge in [0.05, 0.1) is 0 Å². The van der Waals surface area contributed by atoms with Gasteiger partial charge >= 0.3 is 17.9 Å². The first-order valence-electron chi connectivity index (χ1n) is 25.4. The molecule has 0 N–H and O–H groups in total. The maximum atomic E-state index is 12.7. The summed E-state index contributed by atoms with van der Waals surface area (Å²) in [4.78, 5) is 37.6. The number of carbonyl (C=O) groups is 3. The molecule has 0 rings (SSSR count). The van der Waals surface area contributed by atoms with Gasteiger partial charge in [-0.2, -0.15) is 0 Å². The van der Waals surface area contributed by atoms with Gasteiger partial charge < -0.3 is 14.2 Å². The lowest BCUT2D eigenvalue weighted by Gasteiger charge is -2.18. The molecule has 0 aliphatic rings. The largest absolute Gasteiger partial charge is 0.462 e. The molecule has 57 heavy (non-hydrogen) atoms. The summed E-state index contributed by atoms with van der Waals surface area (Å²) in [5.74, 6) is 0.0356. The van der Waals surface area contributed by atoms with Crippen LogP contribution in [0.5, 0.6) is 0 Å².